The summed E-state index contributed by atoms with van der Waals surface area (Å²) in [7, 11) is 3.26. The van der Waals surface area contributed by atoms with Crippen molar-refractivity contribution in [1.82, 2.24) is 20.0 Å². The SMILES string of the molecule is CCOC(=O)C1=C(CN2CCN(C(=O)c3ccc(OC)cc3)[C@H](C)C2)N(C)C(=O)N[C@H]1c1ccc(C)cc1. The molecular weight excluding hydrogens is 484 g/mol. The molecule has 0 radical (unpaired) electrons. The number of esters is 1. The van der Waals surface area contributed by atoms with Crippen molar-refractivity contribution in [3.8, 4) is 5.75 Å². The van der Waals surface area contributed by atoms with Crippen LogP contribution in [0, 0.1) is 6.92 Å². The lowest BCUT2D eigenvalue weighted by molar-refractivity contribution is -0.139. The number of hydrogen-bond acceptors (Lipinski definition) is 6. The number of aryl methyl sites for hydroxylation is 1. The van der Waals surface area contributed by atoms with Gasteiger partial charge in [0, 0.05) is 50.5 Å². The number of ether oxygens (including phenoxy) is 2. The van der Waals surface area contributed by atoms with Gasteiger partial charge in [0.1, 0.15) is 5.75 Å². The largest absolute Gasteiger partial charge is 0.497 e. The number of amides is 3. The molecule has 0 saturated carbocycles. The van der Waals surface area contributed by atoms with Crippen LogP contribution in [0.3, 0.4) is 0 Å². The number of carbonyl (C=O) groups is 3. The summed E-state index contributed by atoms with van der Waals surface area (Å²) < 4.78 is 10.6. The average molecular weight is 521 g/mol. The fraction of sp³-hybridized carbons (Fsp3) is 0.414. The van der Waals surface area contributed by atoms with Gasteiger partial charge in [-0.05, 0) is 50.6 Å². The van der Waals surface area contributed by atoms with E-state index in [1.165, 1.54) is 4.90 Å². The monoisotopic (exact) mass is 520 g/mol. The van der Waals surface area contributed by atoms with Crippen molar-refractivity contribution in [2.45, 2.75) is 32.9 Å². The van der Waals surface area contributed by atoms with Crippen LogP contribution in [0.25, 0.3) is 0 Å². The Bertz CT molecular complexity index is 1210. The lowest BCUT2D eigenvalue weighted by atomic mass is 9.93. The lowest BCUT2D eigenvalue weighted by Gasteiger charge is -2.42. The molecule has 4 rings (SSSR count). The predicted octanol–water partition coefficient (Wildman–Crippen LogP) is 3.36. The minimum Gasteiger partial charge on any atom is -0.497 e. The number of methoxy groups -OCH3 is 1. The maximum Gasteiger partial charge on any atom is 0.338 e. The molecule has 1 saturated heterocycles. The van der Waals surface area contributed by atoms with E-state index in [1.54, 1.807) is 45.3 Å². The Hall–Kier alpha value is -3.85. The molecule has 2 aromatic rings. The zero-order chi connectivity index (χ0) is 27.4. The molecule has 2 aliphatic heterocycles. The van der Waals surface area contributed by atoms with Gasteiger partial charge in [-0.15, -0.1) is 0 Å². The summed E-state index contributed by atoms with van der Waals surface area (Å²) in [6, 6.07) is 13.9. The highest BCUT2D eigenvalue weighted by atomic mass is 16.5. The second kappa shape index (κ2) is 11.7. The molecule has 0 unspecified atom stereocenters. The van der Waals surface area contributed by atoms with Crippen LogP contribution in [0.2, 0.25) is 0 Å². The number of urea groups is 1. The molecule has 2 aliphatic rings. The fourth-order valence-electron chi connectivity index (χ4n) is 5.00. The molecule has 2 heterocycles. The van der Waals surface area contributed by atoms with Gasteiger partial charge in [0.05, 0.1) is 25.3 Å². The van der Waals surface area contributed by atoms with Crippen LogP contribution in [0.15, 0.2) is 59.8 Å². The molecule has 202 valence electrons. The second-order valence-corrected chi connectivity index (χ2v) is 9.74. The molecule has 2 atom stereocenters. The molecule has 0 spiro atoms. The Morgan fingerprint density at radius 2 is 1.74 bits per heavy atom. The number of benzene rings is 2. The number of likely N-dealkylation sites (N-methyl/N-ethyl adjacent to an activating group) is 1. The summed E-state index contributed by atoms with van der Waals surface area (Å²) >= 11 is 0. The quantitative estimate of drug-likeness (QED) is 0.563. The van der Waals surface area contributed by atoms with E-state index in [0.29, 0.717) is 48.8 Å². The lowest BCUT2D eigenvalue weighted by Crippen LogP contribution is -2.56. The molecule has 2 aromatic carbocycles. The molecule has 1 fully saturated rings. The van der Waals surface area contributed by atoms with E-state index in [9.17, 15) is 14.4 Å². The van der Waals surface area contributed by atoms with Gasteiger partial charge in [0.15, 0.2) is 0 Å². The summed E-state index contributed by atoms with van der Waals surface area (Å²) in [6.45, 7) is 8.14. The van der Waals surface area contributed by atoms with E-state index >= 15 is 0 Å². The smallest absolute Gasteiger partial charge is 0.338 e. The number of carbonyl (C=O) groups excluding carboxylic acids is 3. The molecule has 9 heteroatoms. The van der Waals surface area contributed by atoms with E-state index in [1.807, 2.05) is 43.0 Å². The molecule has 9 nitrogen and oxygen atoms in total. The fourth-order valence-corrected chi connectivity index (χ4v) is 5.00. The van der Waals surface area contributed by atoms with Crippen LogP contribution >= 0.6 is 0 Å². The first-order valence-electron chi connectivity index (χ1n) is 12.9. The molecule has 0 aromatic heterocycles. The molecule has 0 aliphatic carbocycles. The van der Waals surface area contributed by atoms with Crippen molar-refractivity contribution in [2.24, 2.45) is 0 Å². The van der Waals surface area contributed by atoms with Gasteiger partial charge in [-0.2, -0.15) is 0 Å². The van der Waals surface area contributed by atoms with Crippen LogP contribution in [0.4, 0.5) is 4.79 Å². The normalized spacial score (nSPS) is 20.3. The first kappa shape index (κ1) is 27.2. The second-order valence-electron chi connectivity index (χ2n) is 9.74. The van der Waals surface area contributed by atoms with Crippen LogP contribution in [0.1, 0.15) is 41.4 Å². The number of nitrogens with one attached hydrogen (secondary N) is 1. The first-order chi connectivity index (χ1) is 18.2. The zero-order valence-electron chi connectivity index (χ0n) is 22.7. The van der Waals surface area contributed by atoms with Gasteiger partial charge in [0.25, 0.3) is 5.91 Å². The Morgan fingerprint density at radius 3 is 2.34 bits per heavy atom. The average Bonchev–Trinajstić information content (AvgIpc) is 2.91. The van der Waals surface area contributed by atoms with E-state index in [2.05, 4.69) is 10.2 Å². The number of hydrogen-bond donors (Lipinski definition) is 1. The number of piperazine rings is 1. The van der Waals surface area contributed by atoms with E-state index < -0.39 is 12.0 Å². The van der Waals surface area contributed by atoms with Crippen LogP contribution < -0.4 is 10.1 Å². The molecule has 38 heavy (non-hydrogen) atoms. The number of nitrogens with zero attached hydrogens (tertiary/aromatic N) is 3. The molecular formula is C29H36N4O5. The maximum atomic E-state index is 13.2. The summed E-state index contributed by atoms with van der Waals surface area (Å²) in [4.78, 5) is 44.9. The van der Waals surface area contributed by atoms with E-state index in [-0.39, 0.29) is 24.6 Å². The van der Waals surface area contributed by atoms with Crippen LogP contribution in [0.5, 0.6) is 5.75 Å². The highest BCUT2D eigenvalue weighted by Gasteiger charge is 2.38. The minimum absolute atomic E-state index is 0.0279. The van der Waals surface area contributed by atoms with Gasteiger partial charge in [-0.25, -0.2) is 9.59 Å². The van der Waals surface area contributed by atoms with Gasteiger partial charge >= 0.3 is 12.0 Å². The Labute approximate surface area is 224 Å². The minimum atomic E-state index is -0.608. The zero-order valence-corrected chi connectivity index (χ0v) is 22.7. The topological polar surface area (TPSA) is 91.4 Å². The summed E-state index contributed by atoms with van der Waals surface area (Å²) in [5.41, 5.74) is 3.57. The van der Waals surface area contributed by atoms with Crippen molar-refractivity contribution in [3.05, 3.63) is 76.5 Å². The maximum absolute atomic E-state index is 13.2. The summed E-state index contributed by atoms with van der Waals surface area (Å²) in [5, 5.41) is 2.96. The highest BCUT2D eigenvalue weighted by Crippen LogP contribution is 2.32. The van der Waals surface area contributed by atoms with Gasteiger partial charge in [-0.3, -0.25) is 14.6 Å². The van der Waals surface area contributed by atoms with E-state index in [4.69, 9.17) is 9.47 Å². The van der Waals surface area contributed by atoms with Crippen molar-refractivity contribution >= 4 is 17.9 Å². The van der Waals surface area contributed by atoms with Gasteiger partial charge in [-0.1, -0.05) is 29.8 Å². The van der Waals surface area contributed by atoms with Crippen molar-refractivity contribution in [1.29, 1.82) is 0 Å². The van der Waals surface area contributed by atoms with Crippen LogP contribution in [-0.4, -0.2) is 85.6 Å². The predicted molar refractivity (Wildman–Crippen MR) is 144 cm³/mol. The van der Waals surface area contributed by atoms with Crippen molar-refractivity contribution in [2.75, 3.05) is 46.9 Å². The first-order valence-corrected chi connectivity index (χ1v) is 12.9. The van der Waals surface area contributed by atoms with Crippen LogP contribution in [-0.2, 0) is 9.53 Å². The van der Waals surface area contributed by atoms with E-state index in [0.717, 1.165) is 11.1 Å². The summed E-state index contributed by atoms with van der Waals surface area (Å²) in [6.07, 6.45) is 0. The third kappa shape index (κ3) is 5.67. The molecule has 0 bridgehead atoms. The molecule has 3 amide bonds. The summed E-state index contributed by atoms with van der Waals surface area (Å²) in [5.74, 6) is 0.232. The Kier molecular flexibility index (Phi) is 8.36. The Balaban J connectivity index is 1.57. The molecule has 1 N–H and O–H groups in total. The van der Waals surface area contributed by atoms with Crippen molar-refractivity contribution < 1.29 is 23.9 Å². The van der Waals surface area contributed by atoms with Gasteiger partial charge in [0.2, 0.25) is 0 Å². The van der Waals surface area contributed by atoms with Gasteiger partial charge < -0.3 is 19.7 Å². The Morgan fingerprint density at radius 1 is 1.05 bits per heavy atom. The highest BCUT2D eigenvalue weighted by molar-refractivity contribution is 5.95. The third-order valence-corrected chi connectivity index (χ3v) is 7.17. The standard InChI is InChI=1S/C29H36N4O5/c1-6-38-28(35)25-24(31(4)29(36)30-26(25)21-9-7-19(2)8-10-21)18-32-15-16-33(20(3)17-32)27(34)22-11-13-23(37-5)14-12-22/h7-14,20,26H,6,15-18H2,1-5H3,(H,30,36)/t20-,26+/m1/s1. The number of rotatable bonds is 7. The van der Waals surface area contributed by atoms with Crippen molar-refractivity contribution in [3.63, 3.8) is 0 Å². The third-order valence-electron chi connectivity index (χ3n) is 7.17.